The summed E-state index contributed by atoms with van der Waals surface area (Å²) in [6.07, 6.45) is 6.15. The molecule has 0 aliphatic heterocycles. The summed E-state index contributed by atoms with van der Waals surface area (Å²) < 4.78 is 7.64. The number of carbonyl (C=O) groups is 2. The van der Waals surface area contributed by atoms with Crippen molar-refractivity contribution in [1.29, 1.82) is 0 Å². The summed E-state index contributed by atoms with van der Waals surface area (Å²) in [6, 6.07) is 1.91. The van der Waals surface area contributed by atoms with Crippen molar-refractivity contribution in [3.63, 3.8) is 0 Å². The van der Waals surface area contributed by atoms with Crippen molar-refractivity contribution >= 4 is 11.8 Å². The first-order valence-corrected chi connectivity index (χ1v) is 9.84. The normalized spacial score (nSPS) is 32.8. The molecule has 4 aliphatic rings. The van der Waals surface area contributed by atoms with E-state index >= 15 is 0 Å². The summed E-state index contributed by atoms with van der Waals surface area (Å²) >= 11 is 0. The molecule has 0 aromatic carbocycles. The maximum absolute atomic E-state index is 12.7. The highest BCUT2D eigenvalue weighted by atomic mass is 16.5. The third-order valence-corrected chi connectivity index (χ3v) is 7.03. The van der Waals surface area contributed by atoms with E-state index in [-0.39, 0.29) is 24.3 Å². The van der Waals surface area contributed by atoms with Crippen LogP contribution in [-0.2, 0) is 16.1 Å². The predicted molar refractivity (Wildman–Crippen MR) is 95.4 cm³/mol. The maximum atomic E-state index is 12.7. The first-order valence-electron chi connectivity index (χ1n) is 9.84. The van der Waals surface area contributed by atoms with Gasteiger partial charge in [0.1, 0.15) is 0 Å². The van der Waals surface area contributed by atoms with E-state index < -0.39 is 0 Å². The Bertz CT molecular complexity index is 674. The van der Waals surface area contributed by atoms with Gasteiger partial charge >= 0.3 is 5.97 Å². The SMILES string of the molecule is CCn1c(C)cc(C(=O)COC(=O)C2C3CC4CC(C3)CC2C4)c1C. The number of carbonyl (C=O) groups excluding carboxylic acids is 2. The van der Waals surface area contributed by atoms with Gasteiger partial charge in [0.2, 0.25) is 5.78 Å². The lowest BCUT2D eigenvalue weighted by atomic mass is 9.52. The summed E-state index contributed by atoms with van der Waals surface area (Å²) in [5.74, 6) is 2.54. The van der Waals surface area contributed by atoms with Crippen molar-refractivity contribution in [3.05, 3.63) is 23.0 Å². The molecule has 1 aromatic heterocycles. The number of rotatable bonds is 5. The Morgan fingerprint density at radius 2 is 1.68 bits per heavy atom. The molecule has 25 heavy (non-hydrogen) atoms. The van der Waals surface area contributed by atoms with Gasteiger partial charge in [-0.2, -0.15) is 0 Å². The second-order valence-electron chi connectivity index (χ2n) is 8.52. The van der Waals surface area contributed by atoms with E-state index in [1.165, 1.54) is 32.1 Å². The van der Waals surface area contributed by atoms with E-state index in [9.17, 15) is 9.59 Å². The Labute approximate surface area is 149 Å². The lowest BCUT2D eigenvalue weighted by Gasteiger charge is -2.53. The quantitative estimate of drug-likeness (QED) is 0.601. The molecule has 4 heteroatoms. The zero-order chi connectivity index (χ0) is 17.7. The van der Waals surface area contributed by atoms with Crippen LogP contribution >= 0.6 is 0 Å². The van der Waals surface area contributed by atoms with Crippen LogP contribution in [-0.4, -0.2) is 22.9 Å². The van der Waals surface area contributed by atoms with Gasteiger partial charge in [0, 0.05) is 23.5 Å². The first-order chi connectivity index (χ1) is 12.0. The van der Waals surface area contributed by atoms with Crippen molar-refractivity contribution in [2.24, 2.45) is 29.6 Å². The van der Waals surface area contributed by atoms with Gasteiger partial charge in [0.25, 0.3) is 0 Å². The smallest absolute Gasteiger partial charge is 0.309 e. The van der Waals surface area contributed by atoms with Crippen LogP contribution in [0.2, 0.25) is 0 Å². The number of Topliss-reactive ketones (excluding diaryl/α,β-unsaturated/α-hetero) is 1. The minimum absolute atomic E-state index is 0.0451. The molecule has 0 atom stereocenters. The van der Waals surface area contributed by atoms with Crippen LogP contribution in [0.1, 0.15) is 60.8 Å². The predicted octanol–water partition coefficient (Wildman–Crippen LogP) is 3.92. The van der Waals surface area contributed by atoms with E-state index in [1.807, 2.05) is 19.9 Å². The molecule has 4 fully saturated rings. The van der Waals surface area contributed by atoms with Crippen LogP contribution in [0.4, 0.5) is 0 Å². The lowest BCUT2D eigenvalue weighted by Crippen LogP contribution is -2.48. The summed E-state index contributed by atoms with van der Waals surface area (Å²) in [7, 11) is 0. The fraction of sp³-hybridized carbons (Fsp3) is 0.714. The third kappa shape index (κ3) is 2.84. The summed E-state index contributed by atoms with van der Waals surface area (Å²) in [6.45, 7) is 6.77. The number of aromatic nitrogens is 1. The van der Waals surface area contributed by atoms with E-state index in [4.69, 9.17) is 4.74 Å². The standard InChI is InChI=1S/C21H29NO3/c1-4-22-12(2)5-18(13(22)3)19(23)11-25-21(24)20-16-7-14-6-15(9-16)10-17(20)8-14/h5,14-17,20H,4,6-11H2,1-3H3. The molecule has 0 spiro atoms. The number of aryl methyl sites for hydroxylation is 1. The fourth-order valence-corrected chi connectivity index (χ4v) is 6.19. The lowest BCUT2D eigenvalue weighted by molar-refractivity contribution is -0.161. The van der Waals surface area contributed by atoms with Gasteiger partial charge in [-0.25, -0.2) is 0 Å². The molecule has 5 rings (SSSR count). The molecule has 0 radical (unpaired) electrons. The number of ether oxygens (including phenoxy) is 1. The topological polar surface area (TPSA) is 48.3 Å². The van der Waals surface area contributed by atoms with E-state index in [0.717, 1.165) is 29.8 Å². The Balaban J connectivity index is 1.40. The highest BCUT2D eigenvalue weighted by Gasteiger charge is 2.51. The van der Waals surface area contributed by atoms with Crippen LogP contribution in [0.15, 0.2) is 6.07 Å². The Morgan fingerprint density at radius 3 is 2.20 bits per heavy atom. The second kappa shape index (κ2) is 6.30. The van der Waals surface area contributed by atoms with Gasteiger partial charge < -0.3 is 9.30 Å². The average Bonchev–Trinajstić information content (AvgIpc) is 2.85. The largest absolute Gasteiger partial charge is 0.457 e. The summed E-state index contributed by atoms with van der Waals surface area (Å²) in [5.41, 5.74) is 2.74. The number of ketones is 1. The van der Waals surface area contributed by atoms with Crippen LogP contribution in [0.3, 0.4) is 0 Å². The Hall–Kier alpha value is -1.58. The van der Waals surface area contributed by atoms with Crippen LogP contribution in [0, 0.1) is 43.4 Å². The van der Waals surface area contributed by atoms with E-state index in [2.05, 4.69) is 11.5 Å². The van der Waals surface area contributed by atoms with Crippen molar-refractivity contribution in [1.82, 2.24) is 4.57 Å². The molecule has 4 nitrogen and oxygen atoms in total. The molecule has 0 unspecified atom stereocenters. The molecule has 0 N–H and O–H groups in total. The van der Waals surface area contributed by atoms with Gasteiger partial charge in [-0.1, -0.05) is 0 Å². The Kier molecular flexibility index (Phi) is 4.25. The Morgan fingerprint density at radius 1 is 1.08 bits per heavy atom. The molecule has 4 saturated carbocycles. The van der Waals surface area contributed by atoms with Crippen LogP contribution in [0.5, 0.6) is 0 Å². The van der Waals surface area contributed by atoms with Crippen molar-refractivity contribution < 1.29 is 14.3 Å². The highest BCUT2D eigenvalue weighted by molar-refractivity contribution is 5.99. The molecule has 4 aliphatic carbocycles. The number of esters is 1. The molecule has 0 saturated heterocycles. The van der Waals surface area contributed by atoms with Crippen molar-refractivity contribution in [2.45, 2.75) is 59.4 Å². The zero-order valence-electron chi connectivity index (χ0n) is 15.6. The van der Waals surface area contributed by atoms with E-state index in [0.29, 0.717) is 17.4 Å². The number of nitrogens with zero attached hydrogens (tertiary/aromatic N) is 1. The minimum atomic E-state index is -0.119. The fourth-order valence-electron chi connectivity index (χ4n) is 6.19. The molecular formula is C21H29NO3. The van der Waals surface area contributed by atoms with Gasteiger partial charge in [-0.05, 0) is 82.6 Å². The van der Waals surface area contributed by atoms with Crippen molar-refractivity contribution in [3.8, 4) is 0 Å². The van der Waals surface area contributed by atoms with Gasteiger partial charge in [-0.3, -0.25) is 9.59 Å². The summed E-state index contributed by atoms with van der Waals surface area (Å²) in [4.78, 5) is 25.3. The summed E-state index contributed by atoms with van der Waals surface area (Å²) in [5, 5.41) is 0. The molecular weight excluding hydrogens is 314 g/mol. The molecule has 136 valence electrons. The third-order valence-electron chi connectivity index (χ3n) is 7.03. The van der Waals surface area contributed by atoms with Gasteiger partial charge in [0.05, 0.1) is 5.92 Å². The molecule has 0 amide bonds. The van der Waals surface area contributed by atoms with Gasteiger partial charge in [-0.15, -0.1) is 0 Å². The zero-order valence-corrected chi connectivity index (χ0v) is 15.6. The van der Waals surface area contributed by atoms with Gasteiger partial charge in [0.15, 0.2) is 6.61 Å². The van der Waals surface area contributed by atoms with Crippen molar-refractivity contribution in [2.75, 3.05) is 6.61 Å². The molecule has 1 heterocycles. The minimum Gasteiger partial charge on any atom is -0.457 e. The monoisotopic (exact) mass is 343 g/mol. The second-order valence-corrected chi connectivity index (χ2v) is 8.52. The maximum Gasteiger partial charge on any atom is 0.309 e. The highest BCUT2D eigenvalue weighted by Crippen LogP contribution is 2.56. The number of hydrogen-bond acceptors (Lipinski definition) is 3. The van der Waals surface area contributed by atoms with Crippen LogP contribution in [0.25, 0.3) is 0 Å². The number of hydrogen-bond donors (Lipinski definition) is 0. The van der Waals surface area contributed by atoms with Crippen LogP contribution < -0.4 is 0 Å². The molecule has 4 bridgehead atoms. The molecule has 1 aromatic rings. The first kappa shape index (κ1) is 16.9. The van der Waals surface area contributed by atoms with E-state index in [1.54, 1.807) is 0 Å². The average molecular weight is 343 g/mol.